The van der Waals surface area contributed by atoms with Crippen LogP contribution in [0.3, 0.4) is 0 Å². The first-order valence-corrected chi connectivity index (χ1v) is 10.4. The van der Waals surface area contributed by atoms with Crippen molar-refractivity contribution in [2.24, 2.45) is 34.5 Å². The molecular weight excluding hydrogens is 320 g/mol. The van der Waals surface area contributed by atoms with Crippen LogP contribution in [0.25, 0.3) is 5.57 Å². The van der Waals surface area contributed by atoms with E-state index in [4.69, 9.17) is 0 Å². The van der Waals surface area contributed by atoms with Crippen LogP contribution in [-0.4, -0.2) is 17.4 Å². The monoisotopic (exact) mass is 350 g/mol. The van der Waals surface area contributed by atoms with Crippen LogP contribution < -0.4 is 5.32 Å². The number of aromatic nitrogens is 1. The van der Waals surface area contributed by atoms with E-state index in [1.165, 1.54) is 43.2 Å². The maximum atomic E-state index is 12.2. The van der Waals surface area contributed by atoms with Crippen LogP contribution in [0.15, 0.2) is 30.6 Å². The molecule has 0 radical (unpaired) electrons. The molecule has 3 fully saturated rings. The molecule has 2 saturated carbocycles. The minimum atomic E-state index is 0.212. The summed E-state index contributed by atoms with van der Waals surface area (Å²) in [7, 11) is 0. The maximum Gasteiger partial charge on any atom is 0.220 e. The van der Waals surface area contributed by atoms with Crippen molar-refractivity contribution < 1.29 is 4.79 Å². The van der Waals surface area contributed by atoms with Gasteiger partial charge in [-0.3, -0.25) is 9.78 Å². The molecule has 4 aliphatic rings. The summed E-state index contributed by atoms with van der Waals surface area (Å²) in [6.45, 7) is 5.84. The lowest BCUT2D eigenvalue weighted by molar-refractivity contribution is -0.139. The average Bonchev–Trinajstić information content (AvgIpc) is 2.99. The van der Waals surface area contributed by atoms with Crippen molar-refractivity contribution in [3.05, 3.63) is 36.2 Å². The summed E-state index contributed by atoms with van der Waals surface area (Å²) < 4.78 is 0. The van der Waals surface area contributed by atoms with E-state index in [1.807, 2.05) is 12.4 Å². The van der Waals surface area contributed by atoms with Gasteiger partial charge in [-0.2, -0.15) is 0 Å². The summed E-state index contributed by atoms with van der Waals surface area (Å²) in [5, 5.41) is 3.13. The van der Waals surface area contributed by atoms with Crippen LogP contribution >= 0.6 is 0 Å². The number of allylic oxidation sites excluding steroid dienone is 2. The van der Waals surface area contributed by atoms with Crippen molar-refractivity contribution in [2.75, 3.05) is 6.54 Å². The molecule has 1 saturated heterocycles. The lowest BCUT2D eigenvalue weighted by atomic mass is 9.46. The predicted molar refractivity (Wildman–Crippen MR) is 103 cm³/mol. The van der Waals surface area contributed by atoms with Gasteiger partial charge in [-0.25, -0.2) is 0 Å². The molecule has 6 atom stereocenters. The summed E-state index contributed by atoms with van der Waals surface area (Å²) >= 11 is 0. The van der Waals surface area contributed by atoms with Gasteiger partial charge in [-0.15, -0.1) is 0 Å². The Hall–Kier alpha value is -1.64. The van der Waals surface area contributed by atoms with E-state index in [0.29, 0.717) is 11.8 Å². The van der Waals surface area contributed by atoms with Gasteiger partial charge >= 0.3 is 0 Å². The third-order valence-corrected chi connectivity index (χ3v) is 8.71. The van der Waals surface area contributed by atoms with Crippen LogP contribution in [-0.2, 0) is 4.79 Å². The van der Waals surface area contributed by atoms with Gasteiger partial charge in [-0.1, -0.05) is 26.0 Å². The van der Waals surface area contributed by atoms with E-state index in [1.54, 1.807) is 0 Å². The normalized spacial score (nSPS) is 44.4. The third-order valence-electron chi connectivity index (χ3n) is 8.71. The number of carbonyl (C=O) groups is 1. The highest BCUT2D eigenvalue weighted by Gasteiger charge is 2.58. The van der Waals surface area contributed by atoms with Crippen molar-refractivity contribution in [2.45, 2.75) is 52.4 Å². The van der Waals surface area contributed by atoms with Crippen LogP contribution in [0.1, 0.15) is 57.9 Å². The number of fused-ring (bicyclic) bond motifs is 5. The molecule has 1 N–H and O–H groups in total. The SMILES string of the molecule is C[C@]12CC(=O)NC[C@@H]1CC[C@@H]1[C@@H]2CC[C@]2(C)C(c3cccnc3)=CC[C@@H]12. The number of nitrogens with zero attached hydrogens (tertiary/aromatic N) is 1. The number of hydrogen-bond acceptors (Lipinski definition) is 2. The molecule has 3 heteroatoms. The Morgan fingerprint density at radius 1 is 1.19 bits per heavy atom. The minimum Gasteiger partial charge on any atom is -0.356 e. The lowest BCUT2D eigenvalue weighted by Crippen LogP contribution is -2.57. The van der Waals surface area contributed by atoms with Crippen molar-refractivity contribution in [1.82, 2.24) is 10.3 Å². The molecule has 0 unspecified atom stereocenters. The first kappa shape index (κ1) is 16.5. The molecular formula is C23H30N2O. The molecule has 2 heterocycles. The molecule has 1 amide bonds. The van der Waals surface area contributed by atoms with Crippen LogP contribution in [0.2, 0.25) is 0 Å². The van der Waals surface area contributed by atoms with Gasteiger partial charge in [0.15, 0.2) is 0 Å². The van der Waals surface area contributed by atoms with Crippen LogP contribution in [0, 0.1) is 34.5 Å². The molecule has 0 aromatic carbocycles. The molecule has 1 aromatic heterocycles. The molecule has 1 aromatic rings. The molecule has 5 rings (SSSR count). The first-order chi connectivity index (χ1) is 12.5. The second kappa shape index (κ2) is 5.68. The van der Waals surface area contributed by atoms with Gasteiger partial charge in [0.05, 0.1) is 0 Å². The second-order valence-electron chi connectivity index (χ2n) is 9.69. The van der Waals surface area contributed by atoms with Crippen molar-refractivity contribution in [3.8, 4) is 0 Å². The molecule has 138 valence electrons. The van der Waals surface area contributed by atoms with Crippen LogP contribution in [0.5, 0.6) is 0 Å². The fourth-order valence-electron chi connectivity index (χ4n) is 7.33. The highest BCUT2D eigenvalue weighted by Crippen LogP contribution is 2.66. The zero-order valence-electron chi connectivity index (χ0n) is 16.0. The molecule has 26 heavy (non-hydrogen) atoms. The fourth-order valence-corrected chi connectivity index (χ4v) is 7.33. The average molecular weight is 351 g/mol. The van der Waals surface area contributed by atoms with Crippen LogP contribution in [0.4, 0.5) is 0 Å². The number of piperidine rings is 1. The van der Waals surface area contributed by atoms with Gasteiger partial charge in [0, 0.05) is 25.4 Å². The third kappa shape index (κ3) is 2.18. The number of pyridine rings is 1. The summed E-state index contributed by atoms with van der Waals surface area (Å²) in [6.07, 6.45) is 13.5. The Balaban J connectivity index is 1.46. The largest absolute Gasteiger partial charge is 0.356 e. The molecule has 0 bridgehead atoms. The maximum absolute atomic E-state index is 12.2. The quantitative estimate of drug-likeness (QED) is 0.813. The van der Waals surface area contributed by atoms with E-state index in [2.05, 4.69) is 42.4 Å². The van der Waals surface area contributed by atoms with E-state index in [0.717, 1.165) is 24.8 Å². The fraction of sp³-hybridized carbons (Fsp3) is 0.652. The topological polar surface area (TPSA) is 42.0 Å². The summed E-state index contributed by atoms with van der Waals surface area (Å²) in [5.74, 6) is 3.17. The van der Waals surface area contributed by atoms with Crippen molar-refractivity contribution in [3.63, 3.8) is 0 Å². The van der Waals surface area contributed by atoms with Crippen molar-refractivity contribution >= 4 is 11.5 Å². The number of carbonyl (C=O) groups excluding carboxylic acids is 1. The van der Waals surface area contributed by atoms with Gasteiger partial charge in [0.1, 0.15) is 0 Å². The summed E-state index contributed by atoms with van der Waals surface area (Å²) in [4.78, 5) is 16.6. The first-order valence-electron chi connectivity index (χ1n) is 10.4. The number of hydrogen-bond donors (Lipinski definition) is 1. The van der Waals surface area contributed by atoms with Crippen molar-refractivity contribution in [1.29, 1.82) is 0 Å². The standard InChI is InChI=1S/C23H30N2O/c1-22-10-9-20-17(6-5-16-14-25-21(26)12-23(16,20)2)19(22)8-7-18(22)15-4-3-11-24-13-15/h3-4,7,11,13,16-17,19-20H,5-6,8-10,12,14H2,1-2H3,(H,25,26)/t16-,17-,19-,20-,22+,23-/m0/s1. The molecule has 1 aliphatic heterocycles. The summed E-state index contributed by atoms with van der Waals surface area (Å²) in [6, 6.07) is 4.29. The Kier molecular flexibility index (Phi) is 3.61. The molecule has 0 spiro atoms. The zero-order valence-corrected chi connectivity index (χ0v) is 16.0. The summed E-state index contributed by atoms with van der Waals surface area (Å²) in [5.41, 5.74) is 3.34. The van der Waals surface area contributed by atoms with Gasteiger partial charge in [-0.05, 0) is 83.8 Å². The number of amides is 1. The Bertz CT molecular complexity index is 757. The molecule has 3 nitrogen and oxygen atoms in total. The Morgan fingerprint density at radius 3 is 2.88 bits per heavy atom. The highest BCUT2D eigenvalue weighted by atomic mass is 16.1. The number of rotatable bonds is 1. The highest BCUT2D eigenvalue weighted by molar-refractivity contribution is 5.78. The van der Waals surface area contributed by atoms with E-state index < -0.39 is 0 Å². The Labute approximate surface area is 156 Å². The Morgan fingerprint density at radius 2 is 2.08 bits per heavy atom. The van der Waals surface area contributed by atoms with E-state index in [-0.39, 0.29) is 16.7 Å². The van der Waals surface area contributed by atoms with Gasteiger partial charge < -0.3 is 5.32 Å². The van der Waals surface area contributed by atoms with Gasteiger partial charge in [0.2, 0.25) is 5.91 Å². The second-order valence-corrected chi connectivity index (χ2v) is 9.69. The molecule has 3 aliphatic carbocycles. The van der Waals surface area contributed by atoms with Gasteiger partial charge in [0.25, 0.3) is 0 Å². The zero-order chi connectivity index (χ0) is 17.9. The van der Waals surface area contributed by atoms with E-state index >= 15 is 0 Å². The van der Waals surface area contributed by atoms with E-state index in [9.17, 15) is 4.79 Å². The smallest absolute Gasteiger partial charge is 0.220 e. The predicted octanol–water partition coefficient (Wildman–Crippen LogP) is 4.45. The lowest BCUT2D eigenvalue weighted by Gasteiger charge is -2.59. The number of nitrogens with one attached hydrogen (secondary N) is 1. The minimum absolute atomic E-state index is 0.212.